The van der Waals surface area contributed by atoms with Crippen molar-refractivity contribution in [1.29, 1.82) is 0 Å². The monoisotopic (exact) mass is 227 g/mol. The highest BCUT2D eigenvalue weighted by molar-refractivity contribution is 7.10. The number of carbonyl (C=O) groups is 1. The van der Waals surface area contributed by atoms with Crippen molar-refractivity contribution >= 4 is 17.2 Å². The third-order valence-corrected chi connectivity index (χ3v) is 2.94. The van der Waals surface area contributed by atoms with Crippen LogP contribution in [0.15, 0.2) is 17.5 Å². The summed E-state index contributed by atoms with van der Waals surface area (Å²) in [6.07, 6.45) is 0.346. The maximum Gasteiger partial charge on any atom is 0.220 e. The lowest BCUT2D eigenvalue weighted by molar-refractivity contribution is -0.122. The number of hydrogen-bond acceptors (Lipinski definition) is 3. The minimum atomic E-state index is -0.511. The second-order valence-corrected chi connectivity index (χ2v) is 4.77. The predicted molar refractivity (Wildman–Crippen MR) is 61.8 cm³/mol. The molecule has 0 saturated heterocycles. The molecular weight excluding hydrogens is 210 g/mol. The molecule has 0 radical (unpaired) electrons. The number of hydrogen-bond donors (Lipinski definition) is 2. The standard InChI is InChI=1S/C11H17NO2S/c1-8(2)12-11(14)6-5-9(13)10-4-3-7-15-10/h3-4,7-9,13H,5-6H2,1-2H3,(H,12,14). The molecule has 3 nitrogen and oxygen atoms in total. The molecule has 1 amide bonds. The molecule has 0 aliphatic carbocycles. The van der Waals surface area contributed by atoms with Crippen molar-refractivity contribution in [3.63, 3.8) is 0 Å². The van der Waals surface area contributed by atoms with Gasteiger partial charge in [0.25, 0.3) is 0 Å². The first-order valence-electron chi connectivity index (χ1n) is 5.10. The average Bonchev–Trinajstić information content (AvgIpc) is 2.65. The third-order valence-electron chi connectivity index (χ3n) is 1.97. The fourth-order valence-electron chi connectivity index (χ4n) is 1.29. The van der Waals surface area contributed by atoms with Gasteiger partial charge in [0, 0.05) is 17.3 Å². The van der Waals surface area contributed by atoms with Crippen LogP contribution in [0.25, 0.3) is 0 Å². The van der Waals surface area contributed by atoms with E-state index in [0.717, 1.165) is 4.88 Å². The van der Waals surface area contributed by atoms with E-state index in [2.05, 4.69) is 5.32 Å². The Morgan fingerprint density at radius 2 is 2.33 bits per heavy atom. The van der Waals surface area contributed by atoms with E-state index in [0.29, 0.717) is 12.8 Å². The molecule has 1 aromatic rings. The zero-order valence-electron chi connectivity index (χ0n) is 9.06. The number of aliphatic hydroxyl groups is 1. The molecule has 15 heavy (non-hydrogen) atoms. The van der Waals surface area contributed by atoms with E-state index in [9.17, 15) is 9.90 Å². The van der Waals surface area contributed by atoms with Gasteiger partial charge in [-0.05, 0) is 31.7 Å². The Morgan fingerprint density at radius 3 is 2.87 bits per heavy atom. The van der Waals surface area contributed by atoms with Crippen molar-refractivity contribution < 1.29 is 9.90 Å². The third kappa shape index (κ3) is 4.44. The van der Waals surface area contributed by atoms with E-state index >= 15 is 0 Å². The van der Waals surface area contributed by atoms with Gasteiger partial charge in [-0.1, -0.05) is 6.07 Å². The van der Waals surface area contributed by atoms with Gasteiger partial charge in [-0.2, -0.15) is 0 Å². The van der Waals surface area contributed by atoms with Gasteiger partial charge in [-0.3, -0.25) is 4.79 Å². The second kappa shape index (κ2) is 5.88. The zero-order chi connectivity index (χ0) is 11.3. The number of aliphatic hydroxyl groups excluding tert-OH is 1. The highest BCUT2D eigenvalue weighted by atomic mass is 32.1. The SMILES string of the molecule is CC(C)NC(=O)CCC(O)c1cccs1. The van der Waals surface area contributed by atoms with Crippen LogP contribution >= 0.6 is 11.3 Å². The molecule has 0 aliphatic heterocycles. The molecule has 0 fully saturated rings. The molecule has 0 spiro atoms. The lowest BCUT2D eigenvalue weighted by atomic mass is 10.1. The second-order valence-electron chi connectivity index (χ2n) is 3.79. The number of carbonyl (C=O) groups excluding carboxylic acids is 1. The number of rotatable bonds is 5. The van der Waals surface area contributed by atoms with Gasteiger partial charge in [-0.15, -0.1) is 11.3 Å². The Labute approximate surface area is 94.1 Å². The summed E-state index contributed by atoms with van der Waals surface area (Å²) in [7, 11) is 0. The van der Waals surface area contributed by atoms with Crippen molar-refractivity contribution in [3.05, 3.63) is 22.4 Å². The molecule has 0 saturated carbocycles. The Morgan fingerprint density at radius 1 is 1.60 bits per heavy atom. The summed E-state index contributed by atoms with van der Waals surface area (Å²) in [5, 5.41) is 14.4. The highest BCUT2D eigenvalue weighted by Gasteiger charge is 2.11. The Hall–Kier alpha value is -0.870. The number of nitrogens with one attached hydrogen (secondary N) is 1. The molecule has 2 N–H and O–H groups in total. The molecule has 1 heterocycles. The normalized spacial score (nSPS) is 12.8. The molecule has 1 atom stereocenters. The molecule has 4 heteroatoms. The zero-order valence-corrected chi connectivity index (χ0v) is 9.88. The van der Waals surface area contributed by atoms with Crippen molar-refractivity contribution in [3.8, 4) is 0 Å². The Balaban J connectivity index is 2.28. The quantitative estimate of drug-likeness (QED) is 0.809. The van der Waals surface area contributed by atoms with E-state index in [1.54, 1.807) is 0 Å². The van der Waals surface area contributed by atoms with Crippen LogP contribution in [0.4, 0.5) is 0 Å². The van der Waals surface area contributed by atoms with Gasteiger partial charge >= 0.3 is 0 Å². The minimum absolute atomic E-state index is 0.000561. The highest BCUT2D eigenvalue weighted by Crippen LogP contribution is 2.22. The van der Waals surface area contributed by atoms with Crippen molar-refractivity contribution in [2.24, 2.45) is 0 Å². The van der Waals surface area contributed by atoms with Crippen LogP contribution < -0.4 is 5.32 Å². The van der Waals surface area contributed by atoms with E-state index in [1.165, 1.54) is 11.3 Å². The minimum Gasteiger partial charge on any atom is -0.388 e. The summed E-state index contributed by atoms with van der Waals surface area (Å²) >= 11 is 1.51. The largest absolute Gasteiger partial charge is 0.388 e. The Bertz CT molecular complexity index is 296. The van der Waals surface area contributed by atoms with Crippen molar-refractivity contribution in [2.75, 3.05) is 0 Å². The average molecular weight is 227 g/mol. The van der Waals surface area contributed by atoms with E-state index in [1.807, 2.05) is 31.4 Å². The fraction of sp³-hybridized carbons (Fsp3) is 0.545. The van der Waals surface area contributed by atoms with Gasteiger partial charge in [0.1, 0.15) is 0 Å². The summed E-state index contributed by atoms with van der Waals surface area (Å²) in [5.74, 6) is 0.000561. The van der Waals surface area contributed by atoms with Gasteiger partial charge in [0.15, 0.2) is 0 Å². The summed E-state index contributed by atoms with van der Waals surface area (Å²) in [4.78, 5) is 12.2. The molecule has 0 aromatic carbocycles. The van der Waals surface area contributed by atoms with Gasteiger partial charge < -0.3 is 10.4 Å². The molecule has 0 bridgehead atoms. The maximum absolute atomic E-state index is 11.3. The topological polar surface area (TPSA) is 49.3 Å². The summed E-state index contributed by atoms with van der Waals surface area (Å²) in [6.45, 7) is 3.85. The lowest BCUT2D eigenvalue weighted by Gasteiger charge is -2.10. The van der Waals surface area contributed by atoms with Crippen LogP contribution in [0, 0.1) is 0 Å². The van der Waals surface area contributed by atoms with E-state index in [4.69, 9.17) is 0 Å². The summed E-state index contributed by atoms with van der Waals surface area (Å²) in [6, 6.07) is 3.95. The summed E-state index contributed by atoms with van der Waals surface area (Å²) < 4.78 is 0. The molecule has 0 aliphatic rings. The van der Waals surface area contributed by atoms with Crippen LogP contribution in [-0.4, -0.2) is 17.1 Å². The number of thiophene rings is 1. The number of amides is 1. The van der Waals surface area contributed by atoms with Crippen LogP contribution in [0.3, 0.4) is 0 Å². The fourth-order valence-corrected chi connectivity index (χ4v) is 2.03. The molecule has 84 valence electrons. The smallest absolute Gasteiger partial charge is 0.220 e. The first-order chi connectivity index (χ1) is 7.09. The first kappa shape index (κ1) is 12.2. The van der Waals surface area contributed by atoms with Gasteiger partial charge in [-0.25, -0.2) is 0 Å². The maximum atomic E-state index is 11.3. The van der Waals surface area contributed by atoms with Crippen LogP contribution in [0.1, 0.15) is 37.7 Å². The molecule has 1 unspecified atom stereocenters. The van der Waals surface area contributed by atoms with Crippen LogP contribution in [-0.2, 0) is 4.79 Å². The van der Waals surface area contributed by atoms with Crippen LogP contribution in [0.5, 0.6) is 0 Å². The molecule has 1 rings (SSSR count). The van der Waals surface area contributed by atoms with Gasteiger partial charge in [0.2, 0.25) is 5.91 Å². The van der Waals surface area contributed by atoms with Crippen LogP contribution in [0.2, 0.25) is 0 Å². The van der Waals surface area contributed by atoms with Crippen molar-refractivity contribution in [2.45, 2.75) is 38.8 Å². The first-order valence-corrected chi connectivity index (χ1v) is 5.98. The van der Waals surface area contributed by atoms with Gasteiger partial charge in [0.05, 0.1) is 6.10 Å². The predicted octanol–water partition coefficient (Wildman–Crippen LogP) is 2.09. The van der Waals surface area contributed by atoms with Crippen molar-refractivity contribution in [1.82, 2.24) is 5.32 Å². The Kier molecular flexibility index (Phi) is 4.78. The summed E-state index contributed by atoms with van der Waals surface area (Å²) in [5.41, 5.74) is 0. The van der Waals surface area contributed by atoms with E-state index in [-0.39, 0.29) is 11.9 Å². The molecular formula is C11H17NO2S. The lowest BCUT2D eigenvalue weighted by Crippen LogP contribution is -2.30. The van der Waals surface area contributed by atoms with E-state index < -0.39 is 6.10 Å². The molecule has 1 aromatic heterocycles.